The fourth-order valence-electron chi connectivity index (χ4n) is 2.63. The van der Waals surface area contributed by atoms with Crippen LogP contribution in [0, 0.1) is 17.8 Å². The lowest BCUT2D eigenvalue weighted by Crippen LogP contribution is -2.30. The van der Waals surface area contributed by atoms with E-state index >= 15 is 0 Å². The summed E-state index contributed by atoms with van der Waals surface area (Å²) in [5.41, 5.74) is 0. The minimum absolute atomic E-state index is 0.0137. The average molecular weight is 182 g/mol. The standard InChI is InChI=1S/C10H14O3/c1-13-10(12)8-4-6-2-3-7(5-8)9(6)11/h6-8H,2-5H2,1H3/t6-,7-/m1/s1. The smallest absolute Gasteiger partial charge is 0.308 e. The average Bonchev–Trinajstić information content (AvgIpc) is 2.42. The molecular formula is C10H14O3. The first-order valence-corrected chi connectivity index (χ1v) is 4.84. The van der Waals surface area contributed by atoms with Crippen LogP contribution in [-0.4, -0.2) is 18.9 Å². The van der Waals surface area contributed by atoms with Gasteiger partial charge in [0, 0.05) is 11.8 Å². The van der Waals surface area contributed by atoms with Crippen LogP contribution in [0.2, 0.25) is 0 Å². The maximum Gasteiger partial charge on any atom is 0.308 e. The number of ketones is 1. The minimum atomic E-state index is -0.135. The molecule has 3 nitrogen and oxygen atoms in total. The van der Waals surface area contributed by atoms with Crippen molar-refractivity contribution in [3.8, 4) is 0 Å². The van der Waals surface area contributed by atoms with E-state index in [0.717, 1.165) is 25.7 Å². The fourth-order valence-corrected chi connectivity index (χ4v) is 2.63. The summed E-state index contributed by atoms with van der Waals surface area (Å²) in [4.78, 5) is 22.8. The fraction of sp³-hybridized carbons (Fsp3) is 0.800. The van der Waals surface area contributed by atoms with Crippen molar-refractivity contribution in [1.82, 2.24) is 0 Å². The second-order valence-electron chi connectivity index (χ2n) is 4.07. The van der Waals surface area contributed by atoms with Gasteiger partial charge in [0.05, 0.1) is 13.0 Å². The van der Waals surface area contributed by atoms with E-state index in [2.05, 4.69) is 0 Å². The largest absolute Gasteiger partial charge is 0.469 e. The zero-order chi connectivity index (χ0) is 9.42. The molecule has 0 spiro atoms. The van der Waals surface area contributed by atoms with Crippen LogP contribution in [0.5, 0.6) is 0 Å². The molecule has 0 unspecified atom stereocenters. The normalized spacial score (nSPS) is 37.6. The van der Waals surface area contributed by atoms with Crippen LogP contribution >= 0.6 is 0 Å². The lowest BCUT2D eigenvalue weighted by molar-refractivity contribution is -0.148. The lowest BCUT2D eigenvalue weighted by atomic mass is 9.80. The van der Waals surface area contributed by atoms with Crippen molar-refractivity contribution in [3.05, 3.63) is 0 Å². The highest BCUT2D eigenvalue weighted by Gasteiger charge is 2.43. The second kappa shape index (κ2) is 3.13. The Balaban J connectivity index is 2.06. The molecule has 2 saturated carbocycles. The van der Waals surface area contributed by atoms with Gasteiger partial charge < -0.3 is 4.74 Å². The van der Waals surface area contributed by atoms with Gasteiger partial charge in [0.2, 0.25) is 0 Å². The van der Waals surface area contributed by atoms with Gasteiger partial charge in [0.1, 0.15) is 5.78 Å². The highest BCUT2D eigenvalue weighted by atomic mass is 16.5. The van der Waals surface area contributed by atoms with Gasteiger partial charge in [-0.3, -0.25) is 9.59 Å². The van der Waals surface area contributed by atoms with Gasteiger partial charge in [-0.05, 0) is 25.7 Å². The molecule has 0 saturated heterocycles. The molecule has 0 aromatic carbocycles. The Bertz CT molecular complexity index is 231. The van der Waals surface area contributed by atoms with Crippen LogP contribution in [0.4, 0.5) is 0 Å². The third kappa shape index (κ3) is 1.36. The number of rotatable bonds is 1. The molecule has 2 aliphatic carbocycles. The summed E-state index contributed by atoms with van der Waals surface area (Å²) in [7, 11) is 1.42. The van der Waals surface area contributed by atoms with Crippen molar-refractivity contribution in [2.45, 2.75) is 25.7 Å². The van der Waals surface area contributed by atoms with Crippen LogP contribution in [0.15, 0.2) is 0 Å². The summed E-state index contributed by atoms with van der Waals surface area (Å²) in [6, 6.07) is 0. The molecule has 0 aliphatic heterocycles. The van der Waals surface area contributed by atoms with Gasteiger partial charge in [-0.1, -0.05) is 0 Å². The first-order valence-electron chi connectivity index (χ1n) is 4.84. The van der Waals surface area contributed by atoms with Crippen molar-refractivity contribution < 1.29 is 14.3 Å². The molecule has 0 heterocycles. The molecule has 2 atom stereocenters. The molecule has 2 bridgehead atoms. The minimum Gasteiger partial charge on any atom is -0.469 e. The van der Waals surface area contributed by atoms with Crippen molar-refractivity contribution in [3.63, 3.8) is 0 Å². The molecule has 0 radical (unpaired) electrons. The van der Waals surface area contributed by atoms with Crippen LogP contribution < -0.4 is 0 Å². The number of esters is 1. The predicted octanol–water partition coefficient (Wildman–Crippen LogP) is 1.16. The quantitative estimate of drug-likeness (QED) is 0.571. The Morgan fingerprint density at radius 1 is 1.31 bits per heavy atom. The van der Waals surface area contributed by atoms with Crippen molar-refractivity contribution in [2.24, 2.45) is 17.8 Å². The Kier molecular flexibility index (Phi) is 2.10. The van der Waals surface area contributed by atoms with E-state index in [1.807, 2.05) is 0 Å². The number of carbonyl (C=O) groups is 2. The van der Waals surface area contributed by atoms with Crippen LogP contribution in [0.3, 0.4) is 0 Å². The Labute approximate surface area is 77.4 Å². The molecule has 2 aliphatic rings. The monoisotopic (exact) mass is 182 g/mol. The second-order valence-corrected chi connectivity index (χ2v) is 4.07. The van der Waals surface area contributed by atoms with E-state index in [9.17, 15) is 9.59 Å². The van der Waals surface area contributed by atoms with Crippen molar-refractivity contribution >= 4 is 11.8 Å². The maximum absolute atomic E-state index is 11.5. The van der Waals surface area contributed by atoms with E-state index in [-0.39, 0.29) is 23.7 Å². The molecular weight excluding hydrogens is 168 g/mol. The van der Waals surface area contributed by atoms with Gasteiger partial charge >= 0.3 is 5.97 Å². The third-order valence-electron chi connectivity index (χ3n) is 3.34. The first-order chi connectivity index (χ1) is 6.22. The molecule has 0 N–H and O–H groups in total. The number of ether oxygens (including phenoxy) is 1. The number of carbonyl (C=O) groups excluding carboxylic acids is 2. The van der Waals surface area contributed by atoms with E-state index in [4.69, 9.17) is 4.74 Å². The van der Waals surface area contributed by atoms with Crippen LogP contribution in [-0.2, 0) is 14.3 Å². The van der Waals surface area contributed by atoms with Crippen molar-refractivity contribution in [1.29, 1.82) is 0 Å². The van der Waals surface area contributed by atoms with Gasteiger partial charge in [-0.25, -0.2) is 0 Å². The SMILES string of the molecule is COC(=O)C1C[C@H]2CC[C@H](C1)C2=O. The molecule has 0 aromatic rings. The third-order valence-corrected chi connectivity index (χ3v) is 3.34. The predicted molar refractivity (Wildman–Crippen MR) is 46.0 cm³/mol. The molecule has 72 valence electrons. The molecule has 3 heteroatoms. The van der Waals surface area contributed by atoms with Crippen molar-refractivity contribution in [2.75, 3.05) is 7.11 Å². The Morgan fingerprint density at radius 3 is 2.31 bits per heavy atom. The zero-order valence-electron chi connectivity index (χ0n) is 7.79. The number of Topliss-reactive ketones (excluding diaryl/α,β-unsaturated/α-hetero) is 1. The Morgan fingerprint density at radius 2 is 1.85 bits per heavy atom. The van der Waals surface area contributed by atoms with Crippen LogP contribution in [0.25, 0.3) is 0 Å². The van der Waals surface area contributed by atoms with Gasteiger partial charge in [-0.15, -0.1) is 0 Å². The molecule has 0 amide bonds. The maximum atomic E-state index is 11.5. The summed E-state index contributed by atoms with van der Waals surface area (Å²) in [5, 5.41) is 0. The molecule has 13 heavy (non-hydrogen) atoms. The summed E-state index contributed by atoms with van der Waals surface area (Å²) in [6.45, 7) is 0. The topological polar surface area (TPSA) is 43.4 Å². The number of methoxy groups -OCH3 is 1. The molecule has 2 rings (SSSR count). The van der Waals surface area contributed by atoms with Gasteiger partial charge in [-0.2, -0.15) is 0 Å². The number of hydrogen-bond donors (Lipinski definition) is 0. The van der Waals surface area contributed by atoms with E-state index in [0.29, 0.717) is 5.78 Å². The molecule has 2 fully saturated rings. The Hall–Kier alpha value is -0.860. The first kappa shape index (κ1) is 8.73. The van der Waals surface area contributed by atoms with E-state index in [1.54, 1.807) is 0 Å². The molecule has 0 aromatic heterocycles. The summed E-state index contributed by atoms with van der Waals surface area (Å²) >= 11 is 0. The van der Waals surface area contributed by atoms with Gasteiger partial charge in [0.15, 0.2) is 0 Å². The summed E-state index contributed by atoms with van der Waals surface area (Å²) < 4.78 is 4.70. The number of hydrogen-bond acceptors (Lipinski definition) is 3. The van der Waals surface area contributed by atoms with E-state index in [1.165, 1.54) is 7.11 Å². The van der Waals surface area contributed by atoms with Crippen LogP contribution in [0.1, 0.15) is 25.7 Å². The highest BCUT2D eigenvalue weighted by Crippen LogP contribution is 2.42. The lowest BCUT2D eigenvalue weighted by Gasteiger charge is -2.24. The summed E-state index contributed by atoms with van der Waals surface area (Å²) in [6.07, 6.45) is 3.41. The number of fused-ring (bicyclic) bond motifs is 2. The van der Waals surface area contributed by atoms with Gasteiger partial charge in [0.25, 0.3) is 0 Å². The summed E-state index contributed by atoms with van der Waals surface area (Å²) in [5.74, 6) is 0.551. The zero-order valence-corrected chi connectivity index (χ0v) is 7.79. The van der Waals surface area contributed by atoms with E-state index < -0.39 is 0 Å². The highest BCUT2D eigenvalue weighted by molar-refractivity contribution is 5.88.